The van der Waals surface area contributed by atoms with Crippen LogP contribution in [0.25, 0.3) is 0 Å². The third kappa shape index (κ3) is 11.0. The molecule has 55 heavy (non-hydrogen) atoms. The van der Waals surface area contributed by atoms with E-state index in [1.54, 1.807) is 55.1 Å². The molecular formula is C41H68N6O8. The lowest BCUT2D eigenvalue weighted by Crippen LogP contribution is -2.61. The van der Waals surface area contributed by atoms with Crippen molar-refractivity contribution in [3.63, 3.8) is 0 Å². The molecule has 9 atom stereocenters. The number of esters is 1. The molecule has 0 radical (unpaired) electrons. The molecule has 2 heterocycles. The molecule has 310 valence electrons. The zero-order valence-corrected chi connectivity index (χ0v) is 35.1. The summed E-state index contributed by atoms with van der Waals surface area (Å²) >= 11 is 0. The van der Waals surface area contributed by atoms with Crippen LogP contribution in [-0.4, -0.2) is 135 Å². The smallest absolute Gasteiger partial charge is 0.328 e. The highest BCUT2D eigenvalue weighted by atomic mass is 16.5. The summed E-state index contributed by atoms with van der Waals surface area (Å²) in [6, 6.07) is 4.50. The minimum atomic E-state index is -0.933. The van der Waals surface area contributed by atoms with Crippen molar-refractivity contribution in [2.75, 3.05) is 54.2 Å². The number of nitrogens with two attached hydrogens (primary N) is 1. The Labute approximate surface area is 328 Å². The number of nitrogens with one attached hydrogen (secondary N) is 2. The van der Waals surface area contributed by atoms with Gasteiger partial charge in [-0.3, -0.25) is 24.1 Å². The van der Waals surface area contributed by atoms with Crippen molar-refractivity contribution in [3.05, 3.63) is 29.8 Å². The number of benzene rings is 1. The first-order chi connectivity index (χ1) is 25.9. The summed E-state index contributed by atoms with van der Waals surface area (Å²) in [4.78, 5) is 74.0. The second kappa shape index (κ2) is 20.4. The second-order valence-electron chi connectivity index (χ2n) is 16.1. The SMILES string of the molecule is CC[C@H](C)[C@@H]([C@@H](CC(=O)N1CCC[C@H]1[C@H](OC)[C@@H](C)C(=O)N[C@H](Cc1ccc(N)cc1)C(=O)OC)OC)N(C)C(=O)[C@@H](NC(=O)[C@]1(C)CCCN1C)C(C)C. The maximum Gasteiger partial charge on any atom is 0.328 e. The van der Waals surface area contributed by atoms with Crippen molar-refractivity contribution in [1.29, 1.82) is 0 Å². The Morgan fingerprint density at radius 2 is 1.64 bits per heavy atom. The largest absolute Gasteiger partial charge is 0.467 e. The predicted molar refractivity (Wildman–Crippen MR) is 212 cm³/mol. The zero-order chi connectivity index (χ0) is 41.2. The molecule has 0 aliphatic carbocycles. The lowest BCUT2D eigenvalue weighted by molar-refractivity contribution is -0.149. The summed E-state index contributed by atoms with van der Waals surface area (Å²) in [5.41, 5.74) is 6.53. The molecule has 14 heteroatoms. The number of anilines is 1. The van der Waals surface area contributed by atoms with Gasteiger partial charge in [0.2, 0.25) is 23.6 Å². The first-order valence-corrected chi connectivity index (χ1v) is 19.8. The van der Waals surface area contributed by atoms with Gasteiger partial charge in [0.15, 0.2) is 0 Å². The summed E-state index contributed by atoms with van der Waals surface area (Å²) in [5, 5.41) is 5.92. The number of likely N-dealkylation sites (tertiary alicyclic amines) is 2. The van der Waals surface area contributed by atoms with Crippen LogP contribution in [0.5, 0.6) is 0 Å². The average molecular weight is 773 g/mol. The van der Waals surface area contributed by atoms with Crippen molar-refractivity contribution < 1.29 is 38.2 Å². The van der Waals surface area contributed by atoms with Gasteiger partial charge in [0, 0.05) is 39.9 Å². The van der Waals surface area contributed by atoms with Crippen LogP contribution in [0.1, 0.15) is 85.6 Å². The van der Waals surface area contributed by atoms with Crippen LogP contribution >= 0.6 is 0 Å². The van der Waals surface area contributed by atoms with Crippen LogP contribution in [0.4, 0.5) is 5.69 Å². The maximum atomic E-state index is 14.3. The van der Waals surface area contributed by atoms with Gasteiger partial charge >= 0.3 is 5.97 Å². The number of carbonyl (C=O) groups is 5. The number of nitrogens with zero attached hydrogens (tertiary/aromatic N) is 3. The fraction of sp³-hybridized carbons (Fsp3) is 0.732. The van der Waals surface area contributed by atoms with Crippen molar-refractivity contribution in [3.8, 4) is 0 Å². The van der Waals surface area contributed by atoms with Gasteiger partial charge < -0.3 is 40.4 Å². The number of methoxy groups -OCH3 is 3. The van der Waals surface area contributed by atoms with E-state index >= 15 is 0 Å². The third-order valence-corrected chi connectivity index (χ3v) is 12.2. The summed E-state index contributed by atoms with van der Waals surface area (Å²) < 4.78 is 17.0. The van der Waals surface area contributed by atoms with Gasteiger partial charge in [-0.05, 0) is 75.7 Å². The number of carbonyl (C=O) groups excluding carboxylic acids is 5. The van der Waals surface area contributed by atoms with Gasteiger partial charge in [-0.1, -0.05) is 53.2 Å². The summed E-state index contributed by atoms with van der Waals surface area (Å²) in [6.45, 7) is 12.9. The topological polar surface area (TPSA) is 173 Å². The van der Waals surface area contributed by atoms with Crippen LogP contribution in [0.3, 0.4) is 0 Å². The van der Waals surface area contributed by atoms with Crippen molar-refractivity contribution in [1.82, 2.24) is 25.3 Å². The zero-order valence-electron chi connectivity index (χ0n) is 35.1. The van der Waals surface area contributed by atoms with Crippen LogP contribution < -0.4 is 16.4 Å². The van der Waals surface area contributed by atoms with Crippen LogP contribution in [0, 0.1) is 17.8 Å². The third-order valence-electron chi connectivity index (χ3n) is 12.2. The fourth-order valence-electron chi connectivity index (χ4n) is 8.25. The van der Waals surface area contributed by atoms with E-state index in [4.69, 9.17) is 19.9 Å². The van der Waals surface area contributed by atoms with E-state index in [2.05, 4.69) is 10.6 Å². The monoisotopic (exact) mass is 773 g/mol. The van der Waals surface area contributed by atoms with Crippen molar-refractivity contribution in [2.45, 2.75) is 128 Å². The first-order valence-electron chi connectivity index (χ1n) is 19.8. The van der Waals surface area contributed by atoms with E-state index in [1.165, 1.54) is 14.2 Å². The van der Waals surface area contributed by atoms with Gasteiger partial charge in [-0.2, -0.15) is 0 Å². The lowest BCUT2D eigenvalue weighted by atomic mass is 9.89. The molecule has 4 N–H and O–H groups in total. The van der Waals surface area contributed by atoms with Gasteiger partial charge in [0.25, 0.3) is 0 Å². The Hall–Kier alpha value is -3.75. The van der Waals surface area contributed by atoms with Gasteiger partial charge in [0.1, 0.15) is 12.1 Å². The number of hydrogen-bond donors (Lipinski definition) is 3. The standard InChI is InChI=1S/C41H68N6O8/c1-12-26(4)35(46(8)38(50)34(25(2)3)44-40(52)41(6)20-14-21-45(41)7)32(53-9)24-33(48)47-22-13-15-31(47)36(54-10)27(5)37(49)43-30(39(51)55-11)23-28-16-18-29(42)19-17-28/h16-19,25-27,30-32,34-36H,12-15,20-24,42H2,1-11H3,(H,43,49)(H,44,52)/t26-,27+,30+,31-,32+,34-,35-,36+,41-/m0/s1. The number of rotatable bonds is 19. The highest BCUT2D eigenvalue weighted by Gasteiger charge is 2.45. The highest BCUT2D eigenvalue weighted by molar-refractivity contribution is 5.92. The molecule has 0 spiro atoms. The van der Waals surface area contributed by atoms with E-state index in [1.807, 2.05) is 46.6 Å². The Morgan fingerprint density at radius 3 is 2.16 bits per heavy atom. The average Bonchev–Trinajstić information content (AvgIpc) is 3.79. The van der Waals surface area contributed by atoms with Crippen molar-refractivity contribution in [2.24, 2.45) is 17.8 Å². The van der Waals surface area contributed by atoms with E-state index in [9.17, 15) is 24.0 Å². The number of ether oxygens (including phenoxy) is 3. The minimum Gasteiger partial charge on any atom is -0.467 e. The predicted octanol–water partition coefficient (Wildman–Crippen LogP) is 3.01. The Bertz CT molecular complexity index is 1460. The molecule has 0 saturated carbocycles. The number of likely N-dealkylation sites (N-methyl/N-ethyl adjacent to an activating group) is 2. The summed E-state index contributed by atoms with van der Waals surface area (Å²) in [5.74, 6) is -2.46. The maximum absolute atomic E-state index is 14.3. The minimum absolute atomic E-state index is 0.00418. The molecule has 1 aromatic rings. The summed E-state index contributed by atoms with van der Waals surface area (Å²) in [7, 11) is 8.02. The van der Waals surface area contributed by atoms with Crippen LogP contribution in [0.15, 0.2) is 24.3 Å². The van der Waals surface area contributed by atoms with E-state index in [-0.39, 0.29) is 42.4 Å². The molecule has 2 saturated heterocycles. The lowest BCUT2D eigenvalue weighted by Gasteiger charge is -2.41. The van der Waals surface area contributed by atoms with Crippen LogP contribution in [-0.2, 0) is 44.6 Å². The molecule has 2 aliphatic heterocycles. The van der Waals surface area contributed by atoms with Gasteiger partial charge in [-0.15, -0.1) is 0 Å². The number of amides is 4. The van der Waals surface area contributed by atoms with Crippen molar-refractivity contribution >= 4 is 35.3 Å². The van der Waals surface area contributed by atoms with Gasteiger partial charge in [0.05, 0.1) is 49.3 Å². The number of hydrogen-bond acceptors (Lipinski definition) is 10. The fourth-order valence-corrected chi connectivity index (χ4v) is 8.25. The molecule has 0 unspecified atom stereocenters. The first kappa shape index (κ1) is 45.6. The number of nitrogen functional groups attached to an aromatic ring is 1. The Kier molecular flexibility index (Phi) is 16.9. The molecule has 2 aliphatic rings. The molecular weight excluding hydrogens is 704 g/mol. The quantitative estimate of drug-likeness (QED) is 0.140. The molecule has 0 aromatic heterocycles. The molecule has 0 bridgehead atoms. The van der Waals surface area contributed by atoms with E-state index in [0.717, 1.165) is 37.8 Å². The summed E-state index contributed by atoms with van der Waals surface area (Å²) in [6.07, 6.45) is 2.63. The normalized spacial score (nSPS) is 22.6. The second-order valence-corrected chi connectivity index (χ2v) is 16.1. The molecule has 4 amide bonds. The molecule has 3 rings (SSSR count). The van der Waals surface area contributed by atoms with E-state index < -0.39 is 59.7 Å². The highest BCUT2D eigenvalue weighted by Crippen LogP contribution is 2.31. The van der Waals surface area contributed by atoms with Gasteiger partial charge in [-0.25, -0.2) is 4.79 Å². The molecule has 1 aromatic carbocycles. The molecule has 14 nitrogen and oxygen atoms in total. The Balaban J connectivity index is 1.77. The van der Waals surface area contributed by atoms with Crippen LogP contribution in [0.2, 0.25) is 0 Å². The van der Waals surface area contributed by atoms with E-state index in [0.29, 0.717) is 18.7 Å². The molecule has 2 fully saturated rings. The Morgan fingerprint density at radius 1 is 0.982 bits per heavy atom.